The van der Waals surface area contributed by atoms with Gasteiger partial charge < -0.3 is 9.84 Å². The maximum absolute atomic E-state index is 15.3. The van der Waals surface area contributed by atoms with Crippen LogP contribution in [0.15, 0.2) is 103 Å². The first-order valence-electron chi connectivity index (χ1n) is 17.2. The molecule has 0 radical (unpaired) electrons. The number of Topliss-reactive ketones (excluding diaryl/α,β-unsaturated/α-hetero) is 1. The van der Waals surface area contributed by atoms with Crippen LogP contribution < -0.4 is 15.1 Å². The molecule has 6 atom stereocenters. The van der Waals surface area contributed by atoms with Gasteiger partial charge in [-0.2, -0.15) is 5.01 Å². The molecule has 4 amide bonds. The molecule has 268 valence electrons. The highest BCUT2D eigenvalue weighted by molar-refractivity contribution is 6.30. The van der Waals surface area contributed by atoms with Crippen molar-refractivity contribution in [1.82, 2.24) is 5.01 Å². The molecule has 53 heavy (non-hydrogen) atoms. The number of hydrazine groups is 1. The molecule has 1 saturated carbocycles. The van der Waals surface area contributed by atoms with Gasteiger partial charge in [0.2, 0.25) is 11.8 Å². The number of hydrogen-bond acceptors (Lipinski definition) is 8. The summed E-state index contributed by atoms with van der Waals surface area (Å²) in [6.45, 7) is 1.43. The highest BCUT2D eigenvalue weighted by Crippen LogP contribution is 2.65. The fourth-order valence-electron chi connectivity index (χ4n) is 8.99. The second-order valence-electron chi connectivity index (χ2n) is 13.9. The van der Waals surface area contributed by atoms with Gasteiger partial charge in [-0.25, -0.2) is 4.39 Å². The van der Waals surface area contributed by atoms with Gasteiger partial charge in [-0.05, 0) is 110 Å². The van der Waals surface area contributed by atoms with Crippen molar-refractivity contribution in [2.24, 2.45) is 23.7 Å². The third-order valence-corrected chi connectivity index (χ3v) is 11.6. The van der Waals surface area contributed by atoms with Crippen molar-refractivity contribution in [2.75, 3.05) is 17.4 Å². The predicted molar refractivity (Wildman–Crippen MR) is 193 cm³/mol. The van der Waals surface area contributed by atoms with E-state index in [2.05, 4.69) is 5.43 Å². The van der Waals surface area contributed by atoms with Crippen LogP contribution in [-0.4, -0.2) is 46.6 Å². The molecule has 0 aromatic heterocycles. The van der Waals surface area contributed by atoms with Crippen LogP contribution in [0.5, 0.6) is 11.5 Å². The van der Waals surface area contributed by atoms with Gasteiger partial charge in [0.25, 0.3) is 11.8 Å². The lowest BCUT2D eigenvalue weighted by atomic mass is 9.49. The van der Waals surface area contributed by atoms with E-state index in [1.807, 2.05) is 6.08 Å². The summed E-state index contributed by atoms with van der Waals surface area (Å²) in [6, 6.07) is 22.8. The number of phenols is 1. The number of fused-ring (bicyclic) bond motifs is 4. The number of amides is 4. The molecule has 3 fully saturated rings. The van der Waals surface area contributed by atoms with E-state index in [4.69, 9.17) is 16.3 Å². The van der Waals surface area contributed by atoms with E-state index in [1.165, 1.54) is 44.4 Å². The number of methoxy groups -OCH3 is 1. The van der Waals surface area contributed by atoms with Crippen LogP contribution in [-0.2, 0) is 24.6 Å². The number of rotatable bonds is 7. The van der Waals surface area contributed by atoms with Crippen molar-refractivity contribution < 1.29 is 38.2 Å². The molecule has 0 unspecified atom stereocenters. The number of anilines is 2. The first kappa shape index (κ1) is 34.3. The topological polar surface area (TPSA) is 133 Å². The van der Waals surface area contributed by atoms with Crippen molar-refractivity contribution in [2.45, 2.75) is 31.1 Å². The third kappa shape index (κ3) is 5.16. The number of carbonyl (C=O) groups excluding carboxylic acids is 5. The average molecular weight is 734 g/mol. The molecule has 0 bridgehead atoms. The van der Waals surface area contributed by atoms with Crippen LogP contribution in [0.1, 0.15) is 47.2 Å². The summed E-state index contributed by atoms with van der Waals surface area (Å²) < 4.78 is 19.4. The van der Waals surface area contributed by atoms with E-state index in [0.29, 0.717) is 44.4 Å². The first-order chi connectivity index (χ1) is 25.4. The van der Waals surface area contributed by atoms with Crippen LogP contribution >= 0.6 is 11.6 Å². The molecule has 4 aromatic carbocycles. The Morgan fingerprint density at radius 2 is 1.60 bits per heavy atom. The summed E-state index contributed by atoms with van der Waals surface area (Å²) in [5, 5.41) is 12.9. The number of aromatic hydroxyl groups is 1. The minimum Gasteiger partial charge on any atom is -0.508 e. The van der Waals surface area contributed by atoms with Gasteiger partial charge in [0.05, 0.1) is 41.7 Å². The number of nitrogens with one attached hydrogen (secondary N) is 1. The smallest absolute Gasteiger partial charge is 0.260 e. The number of allylic oxidation sites excluding steroid dienone is 2. The van der Waals surface area contributed by atoms with Crippen molar-refractivity contribution in [1.29, 1.82) is 0 Å². The quantitative estimate of drug-likeness (QED) is 0.124. The Bertz CT molecular complexity index is 2240. The van der Waals surface area contributed by atoms with Crippen LogP contribution in [0.4, 0.5) is 15.8 Å². The number of halogens is 2. The highest BCUT2D eigenvalue weighted by atomic mass is 35.5. The van der Waals surface area contributed by atoms with Gasteiger partial charge >= 0.3 is 0 Å². The van der Waals surface area contributed by atoms with Crippen LogP contribution in [0.25, 0.3) is 0 Å². The summed E-state index contributed by atoms with van der Waals surface area (Å²) in [4.78, 5) is 71.7. The van der Waals surface area contributed by atoms with E-state index >= 15 is 4.79 Å². The van der Waals surface area contributed by atoms with E-state index < -0.39 is 64.5 Å². The Hall–Kier alpha value is -5.81. The molecule has 2 aliphatic heterocycles. The maximum atomic E-state index is 15.3. The number of carbonyl (C=O) groups is 5. The Labute approximate surface area is 308 Å². The van der Waals surface area contributed by atoms with Gasteiger partial charge in [-0.15, -0.1) is 0 Å². The highest BCUT2D eigenvalue weighted by Gasteiger charge is 2.70. The SMILES string of the molecule is COc1ccc(O)c([C@H]2C3=CC[C@@H]4C(=O)N(c5ccc(C(C)=O)cc5)C(=O)[C@@H]4[C@@H]3C[C@H]3C(=O)N(Nc4ccc(F)cc4)C(=O)[C@@]23c2ccc(Cl)cc2)c1. The number of ether oxygens (including phenoxy) is 1. The number of ketones is 1. The molecular weight excluding hydrogens is 701 g/mol. The Morgan fingerprint density at radius 3 is 2.26 bits per heavy atom. The number of nitrogens with zero attached hydrogens (tertiary/aromatic N) is 2. The summed E-state index contributed by atoms with van der Waals surface area (Å²) in [5.41, 5.74) is 3.70. The zero-order valence-electron chi connectivity index (χ0n) is 28.6. The number of benzene rings is 4. The number of hydrogen-bond donors (Lipinski definition) is 2. The minimum atomic E-state index is -1.67. The summed E-state index contributed by atoms with van der Waals surface area (Å²) in [6.07, 6.45) is 2.08. The summed E-state index contributed by atoms with van der Waals surface area (Å²) in [5.74, 6) is -6.87. The lowest BCUT2D eigenvalue weighted by Crippen LogP contribution is -2.53. The Balaban J connectivity index is 1.32. The molecule has 8 rings (SSSR count). The lowest BCUT2D eigenvalue weighted by molar-refractivity contribution is -0.138. The predicted octanol–water partition coefficient (Wildman–Crippen LogP) is 6.59. The van der Waals surface area contributed by atoms with Crippen LogP contribution in [0.2, 0.25) is 5.02 Å². The number of phenolic OH excluding ortho intramolecular Hbond substituents is 1. The average Bonchev–Trinajstić information content (AvgIpc) is 3.53. The molecule has 12 heteroatoms. The monoisotopic (exact) mass is 733 g/mol. The molecule has 2 aliphatic carbocycles. The van der Waals surface area contributed by atoms with Crippen molar-refractivity contribution >= 4 is 52.4 Å². The standard InChI is InChI=1S/C41H33ClFN3O7/c1-21(47)22-3-13-27(14-4-22)45-37(49)30-17-16-29-31(35(30)39(45)51)20-33-38(50)46(44-26-11-9-25(43)10-12-26)40(52)41(33,23-5-7-24(42)8-6-23)36(29)32-19-28(53-2)15-18-34(32)48/h3-16,18-19,30-31,33,35-36,44,48H,17,20H2,1-2H3/t30-,31+,33-,35-,36+,41+/m0/s1. The second kappa shape index (κ2) is 12.7. The van der Waals surface area contributed by atoms with Crippen molar-refractivity contribution in [3.63, 3.8) is 0 Å². The Kier molecular flexibility index (Phi) is 8.21. The zero-order chi connectivity index (χ0) is 37.3. The largest absolute Gasteiger partial charge is 0.508 e. The molecule has 0 spiro atoms. The van der Waals surface area contributed by atoms with Crippen LogP contribution in [0, 0.1) is 29.5 Å². The van der Waals surface area contributed by atoms with Crippen molar-refractivity contribution in [3.05, 3.63) is 130 Å². The van der Waals surface area contributed by atoms with Crippen molar-refractivity contribution in [3.8, 4) is 11.5 Å². The van der Waals surface area contributed by atoms with E-state index in [-0.39, 0.29) is 24.4 Å². The van der Waals surface area contributed by atoms with Gasteiger partial charge in [0.1, 0.15) is 17.3 Å². The maximum Gasteiger partial charge on any atom is 0.260 e. The van der Waals surface area contributed by atoms with Gasteiger partial charge in [0, 0.05) is 22.1 Å². The van der Waals surface area contributed by atoms with E-state index in [9.17, 15) is 28.7 Å². The second-order valence-corrected chi connectivity index (χ2v) is 14.3. The Morgan fingerprint density at radius 1 is 0.906 bits per heavy atom. The van der Waals surface area contributed by atoms with Gasteiger partial charge in [-0.3, -0.25) is 34.3 Å². The summed E-state index contributed by atoms with van der Waals surface area (Å²) in [7, 11) is 1.47. The molecule has 10 nitrogen and oxygen atoms in total. The third-order valence-electron chi connectivity index (χ3n) is 11.3. The number of imide groups is 2. The molecule has 4 aliphatic rings. The molecule has 2 N–H and O–H groups in total. The zero-order valence-corrected chi connectivity index (χ0v) is 29.3. The van der Waals surface area contributed by atoms with Crippen LogP contribution in [0.3, 0.4) is 0 Å². The van der Waals surface area contributed by atoms with Gasteiger partial charge in [0.15, 0.2) is 5.78 Å². The molecule has 4 aromatic rings. The first-order valence-corrected chi connectivity index (χ1v) is 17.6. The molecular formula is C41H33ClFN3O7. The minimum absolute atomic E-state index is 0.0269. The van der Waals surface area contributed by atoms with E-state index in [1.54, 1.807) is 60.7 Å². The fraction of sp³-hybridized carbons (Fsp3) is 0.244. The lowest BCUT2D eigenvalue weighted by Gasteiger charge is -2.50. The molecule has 2 saturated heterocycles. The fourth-order valence-corrected chi connectivity index (χ4v) is 9.12. The van der Waals surface area contributed by atoms with E-state index in [0.717, 1.165) is 9.91 Å². The molecule has 2 heterocycles. The normalized spacial score (nSPS) is 26.2. The van der Waals surface area contributed by atoms with Gasteiger partial charge in [-0.1, -0.05) is 35.4 Å². The summed E-state index contributed by atoms with van der Waals surface area (Å²) >= 11 is 6.35.